The Morgan fingerprint density at radius 2 is 2.06 bits per heavy atom. The molecule has 0 radical (unpaired) electrons. The van der Waals surface area contributed by atoms with Gasteiger partial charge in [-0.25, -0.2) is 0 Å². The predicted molar refractivity (Wildman–Crippen MR) is 63.0 cm³/mol. The number of anilines is 1. The van der Waals surface area contributed by atoms with E-state index in [0.29, 0.717) is 11.4 Å². The molecule has 0 saturated heterocycles. The Hall–Kier alpha value is -2.55. The fraction of sp³-hybridized carbons (Fsp3) is 0.250. The van der Waals surface area contributed by atoms with Gasteiger partial charge in [-0.2, -0.15) is 5.26 Å². The quantitative estimate of drug-likeness (QED) is 0.764. The first-order valence-electron chi connectivity index (χ1n) is 5.18. The van der Waals surface area contributed by atoms with Gasteiger partial charge in [-0.1, -0.05) is 0 Å². The maximum atomic E-state index is 11.4. The van der Waals surface area contributed by atoms with Gasteiger partial charge in [0.25, 0.3) is 0 Å². The Bertz CT molecular complexity index is 476. The topological polar surface area (TPSA) is 99.4 Å². The van der Waals surface area contributed by atoms with E-state index in [9.17, 15) is 9.59 Å². The molecule has 0 bridgehead atoms. The van der Waals surface area contributed by atoms with Crippen molar-refractivity contribution in [1.82, 2.24) is 0 Å². The predicted octanol–water partition coefficient (Wildman–Crippen LogP) is 1.25. The molecule has 0 heterocycles. The van der Waals surface area contributed by atoms with Crippen molar-refractivity contribution in [1.29, 1.82) is 5.26 Å². The van der Waals surface area contributed by atoms with E-state index in [0.717, 1.165) is 0 Å². The number of carboxylic acids is 1. The van der Waals surface area contributed by atoms with Crippen LogP contribution in [0.4, 0.5) is 5.69 Å². The zero-order valence-electron chi connectivity index (χ0n) is 9.71. The van der Waals surface area contributed by atoms with E-state index in [2.05, 4.69) is 5.32 Å². The molecule has 18 heavy (non-hydrogen) atoms. The standard InChI is InChI=1S/C12H12N2O4/c1-8(12(16)17)11(15)14-9-2-4-10(5-3-9)18-7-6-13/h2-5,8H,7H2,1H3,(H,14,15)(H,16,17). The number of benzene rings is 1. The Morgan fingerprint density at radius 1 is 1.44 bits per heavy atom. The first kappa shape index (κ1) is 13.5. The van der Waals surface area contributed by atoms with Crippen LogP contribution in [-0.4, -0.2) is 23.6 Å². The molecular formula is C12H12N2O4. The van der Waals surface area contributed by atoms with Gasteiger partial charge in [-0.3, -0.25) is 9.59 Å². The zero-order chi connectivity index (χ0) is 13.5. The molecule has 0 spiro atoms. The summed E-state index contributed by atoms with van der Waals surface area (Å²) in [6, 6.07) is 8.13. The third-order valence-corrected chi connectivity index (χ3v) is 2.19. The van der Waals surface area contributed by atoms with E-state index in [-0.39, 0.29) is 6.61 Å². The summed E-state index contributed by atoms with van der Waals surface area (Å²) in [7, 11) is 0. The summed E-state index contributed by atoms with van der Waals surface area (Å²) >= 11 is 0. The lowest BCUT2D eigenvalue weighted by Crippen LogP contribution is -2.26. The van der Waals surface area contributed by atoms with E-state index in [1.54, 1.807) is 24.3 Å². The summed E-state index contributed by atoms with van der Waals surface area (Å²) in [5.41, 5.74) is 0.470. The largest absolute Gasteiger partial charge is 0.481 e. The van der Waals surface area contributed by atoms with Crippen molar-refractivity contribution in [2.75, 3.05) is 11.9 Å². The van der Waals surface area contributed by atoms with Crippen molar-refractivity contribution in [2.45, 2.75) is 6.92 Å². The van der Waals surface area contributed by atoms with E-state index in [1.807, 2.05) is 6.07 Å². The van der Waals surface area contributed by atoms with Crippen molar-refractivity contribution in [3.63, 3.8) is 0 Å². The number of nitrogens with one attached hydrogen (secondary N) is 1. The molecule has 1 aromatic rings. The van der Waals surface area contributed by atoms with E-state index < -0.39 is 17.8 Å². The van der Waals surface area contributed by atoms with Crippen LogP contribution in [0.25, 0.3) is 0 Å². The highest BCUT2D eigenvalue weighted by molar-refractivity contribution is 6.03. The lowest BCUT2D eigenvalue weighted by atomic mass is 10.1. The van der Waals surface area contributed by atoms with Crippen molar-refractivity contribution < 1.29 is 19.4 Å². The second-order valence-corrected chi connectivity index (χ2v) is 3.52. The normalized spacial score (nSPS) is 11.1. The maximum absolute atomic E-state index is 11.4. The third-order valence-electron chi connectivity index (χ3n) is 2.19. The number of carboxylic acid groups (broad SMARTS) is 1. The molecule has 2 N–H and O–H groups in total. The second-order valence-electron chi connectivity index (χ2n) is 3.52. The van der Waals surface area contributed by atoms with Crippen LogP contribution in [0.3, 0.4) is 0 Å². The van der Waals surface area contributed by atoms with E-state index in [1.165, 1.54) is 6.92 Å². The van der Waals surface area contributed by atoms with Crippen LogP contribution in [0.2, 0.25) is 0 Å². The van der Waals surface area contributed by atoms with Gasteiger partial charge in [0, 0.05) is 5.69 Å². The number of aliphatic carboxylic acids is 1. The van der Waals surface area contributed by atoms with Crippen molar-refractivity contribution >= 4 is 17.6 Å². The number of amides is 1. The van der Waals surface area contributed by atoms with Crippen LogP contribution < -0.4 is 10.1 Å². The average Bonchev–Trinajstić information content (AvgIpc) is 2.36. The number of carbonyl (C=O) groups is 2. The SMILES string of the molecule is CC(C(=O)O)C(=O)Nc1ccc(OCC#N)cc1. The molecule has 1 unspecified atom stereocenters. The van der Waals surface area contributed by atoms with Crippen molar-refractivity contribution in [3.05, 3.63) is 24.3 Å². The highest BCUT2D eigenvalue weighted by Crippen LogP contribution is 2.16. The molecule has 6 heteroatoms. The summed E-state index contributed by atoms with van der Waals surface area (Å²) in [5.74, 6) is -2.38. The van der Waals surface area contributed by atoms with Gasteiger partial charge in [0.2, 0.25) is 5.91 Å². The smallest absolute Gasteiger partial charge is 0.315 e. The first-order valence-corrected chi connectivity index (χ1v) is 5.18. The molecule has 1 rings (SSSR count). The molecule has 0 aliphatic rings. The number of hydrogen-bond donors (Lipinski definition) is 2. The van der Waals surface area contributed by atoms with Crippen LogP contribution in [-0.2, 0) is 9.59 Å². The minimum atomic E-state index is -1.18. The minimum absolute atomic E-state index is 0.0538. The molecule has 0 aliphatic carbocycles. The number of hydrogen-bond acceptors (Lipinski definition) is 4. The Morgan fingerprint density at radius 3 is 2.56 bits per heavy atom. The van der Waals surface area contributed by atoms with Crippen LogP contribution in [0.5, 0.6) is 5.75 Å². The molecule has 0 aromatic heterocycles. The number of rotatable bonds is 5. The summed E-state index contributed by atoms with van der Waals surface area (Å²) in [5, 5.41) is 19.5. The summed E-state index contributed by atoms with van der Waals surface area (Å²) < 4.78 is 5.03. The van der Waals surface area contributed by atoms with Gasteiger partial charge in [-0.15, -0.1) is 0 Å². The van der Waals surface area contributed by atoms with Crippen LogP contribution in [0.1, 0.15) is 6.92 Å². The second kappa shape index (κ2) is 6.25. The van der Waals surface area contributed by atoms with Gasteiger partial charge in [0.05, 0.1) is 0 Å². The molecule has 94 valence electrons. The molecule has 0 aliphatic heterocycles. The summed E-state index contributed by atoms with van der Waals surface area (Å²) in [4.78, 5) is 22.0. The molecule has 6 nitrogen and oxygen atoms in total. The first-order chi connectivity index (χ1) is 8.54. The molecule has 0 saturated carbocycles. The summed E-state index contributed by atoms with van der Waals surface area (Å²) in [6.45, 7) is 1.25. The maximum Gasteiger partial charge on any atom is 0.315 e. The average molecular weight is 248 g/mol. The van der Waals surface area contributed by atoms with Crippen LogP contribution in [0, 0.1) is 17.2 Å². The van der Waals surface area contributed by atoms with E-state index >= 15 is 0 Å². The Balaban J connectivity index is 2.61. The molecule has 1 atom stereocenters. The van der Waals surface area contributed by atoms with Gasteiger partial charge in [-0.05, 0) is 31.2 Å². The van der Waals surface area contributed by atoms with Crippen LogP contribution >= 0.6 is 0 Å². The van der Waals surface area contributed by atoms with Gasteiger partial charge >= 0.3 is 5.97 Å². The zero-order valence-corrected chi connectivity index (χ0v) is 9.71. The monoisotopic (exact) mass is 248 g/mol. The van der Waals surface area contributed by atoms with Crippen LogP contribution in [0.15, 0.2) is 24.3 Å². The molecule has 1 aromatic carbocycles. The van der Waals surface area contributed by atoms with Gasteiger partial charge in [0.15, 0.2) is 6.61 Å². The Labute approximate surface area is 104 Å². The minimum Gasteiger partial charge on any atom is -0.481 e. The third kappa shape index (κ3) is 3.79. The number of nitriles is 1. The summed E-state index contributed by atoms with van der Waals surface area (Å²) in [6.07, 6.45) is 0. The lowest BCUT2D eigenvalue weighted by molar-refractivity contribution is -0.144. The number of nitrogens with zero attached hydrogens (tertiary/aromatic N) is 1. The van der Waals surface area contributed by atoms with Gasteiger partial charge in [0.1, 0.15) is 17.7 Å². The number of ether oxygens (including phenoxy) is 1. The van der Waals surface area contributed by atoms with Gasteiger partial charge < -0.3 is 15.2 Å². The lowest BCUT2D eigenvalue weighted by Gasteiger charge is -2.08. The molecule has 1 amide bonds. The fourth-order valence-electron chi connectivity index (χ4n) is 1.11. The number of carbonyl (C=O) groups excluding carboxylic acids is 1. The Kier molecular flexibility index (Phi) is 4.69. The highest BCUT2D eigenvalue weighted by Gasteiger charge is 2.20. The van der Waals surface area contributed by atoms with Crippen molar-refractivity contribution in [3.8, 4) is 11.8 Å². The van der Waals surface area contributed by atoms with E-state index in [4.69, 9.17) is 15.1 Å². The fourth-order valence-corrected chi connectivity index (χ4v) is 1.11. The molecule has 0 fully saturated rings. The van der Waals surface area contributed by atoms with Crippen molar-refractivity contribution in [2.24, 2.45) is 5.92 Å². The molecular weight excluding hydrogens is 236 g/mol. The highest BCUT2D eigenvalue weighted by atomic mass is 16.5.